The first-order chi connectivity index (χ1) is 9.56. The largest absolute Gasteiger partial charge is 0.481 e. The Bertz CT molecular complexity index is 571. The molecule has 1 aromatic heterocycles. The predicted octanol–water partition coefficient (Wildman–Crippen LogP) is 4.27. The second-order valence-electron chi connectivity index (χ2n) is 4.61. The molecule has 0 spiro atoms. The normalized spacial score (nSPS) is 13.9. The Morgan fingerprint density at radius 2 is 2.20 bits per heavy atom. The van der Waals surface area contributed by atoms with Crippen molar-refractivity contribution in [2.75, 3.05) is 0 Å². The molecule has 2 atom stereocenters. The molecule has 0 bridgehead atoms. The van der Waals surface area contributed by atoms with E-state index in [-0.39, 0.29) is 18.5 Å². The smallest absolute Gasteiger partial charge is 0.305 e. The lowest BCUT2D eigenvalue weighted by Crippen LogP contribution is -2.26. The predicted molar refractivity (Wildman–Crippen MR) is 82.3 cm³/mol. The number of carbonyl (C=O) groups is 1. The van der Waals surface area contributed by atoms with Gasteiger partial charge in [-0.1, -0.05) is 29.8 Å². The van der Waals surface area contributed by atoms with Gasteiger partial charge in [-0.3, -0.25) is 4.79 Å². The second kappa shape index (κ2) is 6.88. The number of thiophene rings is 1. The number of aliphatic carboxylic acids is 1. The number of nitrogens with one attached hydrogen (secondary N) is 1. The first-order valence-electron chi connectivity index (χ1n) is 6.33. The van der Waals surface area contributed by atoms with Crippen LogP contribution in [0.4, 0.5) is 0 Å². The summed E-state index contributed by atoms with van der Waals surface area (Å²) in [5.74, 6) is -0.811. The Labute approximate surface area is 127 Å². The third kappa shape index (κ3) is 4.07. The van der Waals surface area contributed by atoms with Crippen LogP contribution < -0.4 is 5.32 Å². The van der Waals surface area contributed by atoms with Crippen molar-refractivity contribution in [1.29, 1.82) is 0 Å². The number of rotatable bonds is 6. The fraction of sp³-hybridized carbons (Fsp3) is 0.267. The Kier molecular flexibility index (Phi) is 5.17. The standard InChI is InChI=1S/C15H16ClNO2S/c1-10(11-4-2-5-12(16)8-11)17-13(9-15(18)19)14-6-3-7-20-14/h2-8,10,13,17H,9H2,1H3,(H,18,19). The first-order valence-corrected chi connectivity index (χ1v) is 7.58. The van der Waals surface area contributed by atoms with Crippen LogP contribution in [0.3, 0.4) is 0 Å². The summed E-state index contributed by atoms with van der Waals surface area (Å²) in [5.41, 5.74) is 1.05. The maximum atomic E-state index is 11.0. The van der Waals surface area contributed by atoms with Crippen LogP contribution in [0.15, 0.2) is 41.8 Å². The zero-order chi connectivity index (χ0) is 14.5. The van der Waals surface area contributed by atoms with Crippen LogP contribution in [-0.2, 0) is 4.79 Å². The molecule has 2 N–H and O–H groups in total. The molecule has 0 saturated heterocycles. The molecule has 2 aromatic rings. The van der Waals surface area contributed by atoms with Crippen LogP contribution >= 0.6 is 22.9 Å². The molecule has 3 nitrogen and oxygen atoms in total. The molecular formula is C15H16ClNO2S. The minimum Gasteiger partial charge on any atom is -0.481 e. The number of benzene rings is 1. The Hall–Kier alpha value is -1.36. The van der Waals surface area contributed by atoms with E-state index >= 15 is 0 Å². The van der Waals surface area contributed by atoms with Gasteiger partial charge in [0.15, 0.2) is 0 Å². The van der Waals surface area contributed by atoms with Crippen LogP contribution in [0.25, 0.3) is 0 Å². The highest BCUT2D eigenvalue weighted by Gasteiger charge is 2.19. The van der Waals surface area contributed by atoms with Crippen molar-refractivity contribution in [3.05, 3.63) is 57.2 Å². The van der Waals surface area contributed by atoms with Gasteiger partial charge in [0.05, 0.1) is 12.5 Å². The van der Waals surface area contributed by atoms with E-state index in [0.717, 1.165) is 10.4 Å². The fourth-order valence-electron chi connectivity index (χ4n) is 2.08. The Morgan fingerprint density at radius 1 is 1.40 bits per heavy atom. The summed E-state index contributed by atoms with van der Waals surface area (Å²) in [4.78, 5) is 12.0. The minimum atomic E-state index is -0.811. The number of carboxylic acid groups (broad SMARTS) is 1. The number of carboxylic acids is 1. The van der Waals surface area contributed by atoms with Gasteiger partial charge in [0.2, 0.25) is 0 Å². The molecule has 0 radical (unpaired) electrons. The molecule has 0 fully saturated rings. The van der Waals surface area contributed by atoms with Crippen molar-refractivity contribution in [3.63, 3.8) is 0 Å². The van der Waals surface area contributed by atoms with E-state index < -0.39 is 5.97 Å². The average molecular weight is 310 g/mol. The van der Waals surface area contributed by atoms with Gasteiger partial charge in [0.25, 0.3) is 0 Å². The summed E-state index contributed by atoms with van der Waals surface area (Å²) in [7, 11) is 0. The zero-order valence-corrected chi connectivity index (χ0v) is 12.6. The van der Waals surface area contributed by atoms with Gasteiger partial charge >= 0.3 is 5.97 Å². The van der Waals surface area contributed by atoms with Crippen LogP contribution in [0.1, 0.15) is 35.9 Å². The fourth-order valence-corrected chi connectivity index (χ4v) is 3.07. The Morgan fingerprint density at radius 3 is 2.80 bits per heavy atom. The van der Waals surface area contributed by atoms with Gasteiger partial charge in [0.1, 0.15) is 0 Å². The van der Waals surface area contributed by atoms with E-state index in [4.69, 9.17) is 16.7 Å². The summed E-state index contributed by atoms with van der Waals surface area (Å²) < 4.78 is 0. The lowest BCUT2D eigenvalue weighted by Gasteiger charge is -2.21. The lowest BCUT2D eigenvalue weighted by molar-refractivity contribution is -0.137. The lowest BCUT2D eigenvalue weighted by atomic mass is 10.1. The van der Waals surface area contributed by atoms with Crippen LogP contribution in [0.2, 0.25) is 5.02 Å². The topological polar surface area (TPSA) is 49.3 Å². The molecular weight excluding hydrogens is 294 g/mol. The SMILES string of the molecule is CC(NC(CC(=O)O)c1cccs1)c1cccc(Cl)c1. The van der Waals surface area contributed by atoms with Crippen molar-refractivity contribution in [2.24, 2.45) is 0 Å². The van der Waals surface area contributed by atoms with Crippen LogP contribution in [-0.4, -0.2) is 11.1 Å². The van der Waals surface area contributed by atoms with Crippen LogP contribution in [0, 0.1) is 0 Å². The highest BCUT2D eigenvalue weighted by Crippen LogP contribution is 2.26. The number of hydrogen-bond acceptors (Lipinski definition) is 3. The monoisotopic (exact) mass is 309 g/mol. The molecule has 106 valence electrons. The molecule has 5 heteroatoms. The highest BCUT2D eigenvalue weighted by atomic mass is 35.5. The summed E-state index contributed by atoms with van der Waals surface area (Å²) >= 11 is 7.55. The van der Waals surface area contributed by atoms with Crippen molar-refractivity contribution < 1.29 is 9.90 Å². The van der Waals surface area contributed by atoms with E-state index in [1.165, 1.54) is 0 Å². The molecule has 0 aliphatic carbocycles. The van der Waals surface area contributed by atoms with Crippen molar-refractivity contribution in [2.45, 2.75) is 25.4 Å². The molecule has 1 aromatic carbocycles. The quantitative estimate of drug-likeness (QED) is 0.838. The Balaban J connectivity index is 2.13. The van der Waals surface area contributed by atoms with E-state index in [0.29, 0.717) is 5.02 Å². The number of halogens is 1. The minimum absolute atomic E-state index is 0.0279. The van der Waals surface area contributed by atoms with Gasteiger partial charge in [-0.15, -0.1) is 11.3 Å². The molecule has 0 saturated carbocycles. The summed E-state index contributed by atoms with van der Waals surface area (Å²) in [6, 6.07) is 11.3. The van der Waals surface area contributed by atoms with E-state index in [1.54, 1.807) is 11.3 Å². The van der Waals surface area contributed by atoms with Gasteiger partial charge in [0, 0.05) is 15.9 Å². The second-order valence-corrected chi connectivity index (χ2v) is 6.02. The molecule has 1 heterocycles. The summed E-state index contributed by atoms with van der Waals surface area (Å²) in [5, 5.41) is 15.1. The van der Waals surface area contributed by atoms with Crippen molar-refractivity contribution in [3.8, 4) is 0 Å². The number of hydrogen-bond donors (Lipinski definition) is 2. The first kappa shape index (κ1) is 15.0. The van der Waals surface area contributed by atoms with Gasteiger partial charge in [-0.2, -0.15) is 0 Å². The van der Waals surface area contributed by atoms with Crippen LogP contribution in [0.5, 0.6) is 0 Å². The maximum Gasteiger partial charge on any atom is 0.305 e. The maximum absolute atomic E-state index is 11.0. The molecule has 0 aliphatic heterocycles. The highest BCUT2D eigenvalue weighted by molar-refractivity contribution is 7.10. The average Bonchev–Trinajstić information content (AvgIpc) is 2.91. The molecule has 2 unspecified atom stereocenters. The zero-order valence-electron chi connectivity index (χ0n) is 11.0. The summed E-state index contributed by atoms with van der Waals surface area (Å²) in [6.07, 6.45) is 0.0609. The molecule has 0 aliphatic rings. The van der Waals surface area contributed by atoms with Crippen molar-refractivity contribution in [1.82, 2.24) is 5.32 Å². The van der Waals surface area contributed by atoms with Gasteiger partial charge in [-0.25, -0.2) is 0 Å². The van der Waals surface area contributed by atoms with Gasteiger partial charge < -0.3 is 10.4 Å². The third-order valence-corrected chi connectivity index (χ3v) is 4.29. The molecule has 2 rings (SSSR count). The molecule has 0 amide bonds. The van der Waals surface area contributed by atoms with E-state index in [1.807, 2.05) is 48.7 Å². The summed E-state index contributed by atoms with van der Waals surface area (Å²) in [6.45, 7) is 2.01. The van der Waals surface area contributed by atoms with Gasteiger partial charge in [-0.05, 0) is 36.1 Å². The van der Waals surface area contributed by atoms with E-state index in [9.17, 15) is 4.79 Å². The van der Waals surface area contributed by atoms with Crippen molar-refractivity contribution >= 4 is 28.9 Å². The molecule has 20 heavy (non-hydrogen) atoms. The van der Waals surface area contributed by atoms with E-state index in [2.05, 4.69) is 5.32 Å². The third-order valence-electron chi connectivity index (χ3n) is 3.07.